The summed E-state index contributed by atoms with van der Waals surface area (Å²) in [4.78, 5) is 0.320. The van der Waals surface area contributed by atoms with Crippen LogP contribution in [-0.4, -0.2) is 21.5 Å². The Balaban J connectivity index is 1.94. The number of hydrogen-bond donors (Lipinski definition) is 2. The number of sulfonamides is 1. The fourth-order valence-electron chi connectivity index (χ4n) is 2.50. The maximum absolute atomic E-state index is 11.8. The summed E-state index contributed by atoms with van der Waals surface area (Å²) in [7, 11) is -3.34. The monoisotopic (exact) mass is 282 g/mol. The van der Waals surface area contributed by atoms with Crippen molar-refractivity contribution >= 4 is 15.7 Å². The largest absolute Gasteiger partial charge is 0.385 e. The molecule has 19 heavy (non-hydrogen) atoms. The molecular weight excluding hydrogens is 260 g/mol. The summed E-state index contributed by atoms with van der Waals surface area (Å²) in [5.41, 5.74) is 0.988. The van der Waals surface area contributed by atoms with Crippen molar-refractivity contribution in [2.24, 2.45) is 5.92 Å². The van der Waals surface area contributed by atoms with Crippen molar-refractivity contribution in [2.45, 2.75) is 37.5 Å². The quantitative estimate of drug-likeness (QED) is 0.843. The normalized spacial score (nSPS) is 16.7. The average Bonchev–Trinajstić information content (AvgIpc) is 2.90. The Bertz CT molecular complexity index is 491. The van der Waals surface area contributed by atoms with Crippen LogP contribution in [-0.2, 0) is 10.0 Å². The summed E-state index contributed by atoms with van der Waals surface area (Å²) >= 11 is 0. The highest BCUT2D eigenvalue weighted by Crippen LogP contribution is 2.25. The van der Waals surface area contributed by atoms with Crippen molar-refractivity contribution in [3.05, 3.63) is 24.3 Å². The lowest BCUT2D eigenvalue weighted by molar-refractivity contribution is 0.579. The zero-order valence-corrected chi connectivity index (χ0v) is 12.2. The molecule has 0 heterocycles. The molecule has 0 saturated heterocycles. The molecule has 1 fully saturated rings. The summed E-state index contributed by atoms with van der Waals surface area (Å²) in [6.45, 7) is 3.17. The van der Waals surface area contributed by atoms with Crippen molar-refractivity contribution in [1.29, 1.82) is 0 Å². The minimum atomic E-state index is -3.34. The van der Waals surface area contributed by atoms with Crippen LogP contribution in [0.3, 0.4) is 0 Å². The third kappa shape index (κ3) is 3.94. The second-order valence-corrected chi connectivity index (χ2v) is 6.82. The molecule has 0 unspecified atom stereocenters. The minimum absolute atomic E-state index is 0.320. The van der Waals surface area contributed by atoms with Gasteiger partial charge in [0.15, 0.2) is 0 Å². The van der Waals surface area contributed by atoms with Gasteiger partial charge in [-0.2, -0.15) is 0 Å². The van der Waals surface area contributed by atoms with Crippen LogP contribution in [0.4, 0.5) is 5.69 Å². The first-order valence-electron chi connectivity index (χ1n) is 6.95. The van der Waals surface area contributed by atoms with E-state index in [1.165, 1.54) is 25.7 Å². The second kappa shape index (κ2) is 6.39. The van der Waals surface area contributed by atoms with Crippen LogP contribution in [0.5, 0.6) is 0 Å². The molecule has 0 atom stereocenters. The molecule has 1 aliphatic rings. The van der Waals surface area contributed by atoms with Crippen molar-refractivity contribution in [1.82, 2.24) is 4.72 Å². The summed E-state index contributed by atoms with van der Waals surface area (Å²) in [6.07, 6.45) is 5.29. The first kappa shape index (κ1) is 14.3. The maximum atomic E-state index is 11.8. The van der Waals surface area contributed by atoms with E-state index in [0.29, 0.717) is 11.4 Å². The number of anilines is 1. The molecule has 2 rings (SSSR count). The minimum Gasteiger partial charge on any atom is -0.385 e. The standard InChI is InChI=1S/C14H22N2O2S/c1-2-16-19(17,18)14-9-7-13(8-10-14)15-11-12-5-3-4-6-12/h7-10,12,15-16H,2-6,11H2,1H3. The maximum Gasteiger partial charge on any atom is 0.240 e. The summed E-state index contributed by atoms with van der Waals surface area (Å²) in [5.74, 6) is 0.769. The molecule has 2 N–H and O–H groups in total. The molecule has 0 amide bonds. The second-order valence-electron chi connectivity index (χ2n) is 5.06. The van der Waals surface area contributed by atoms with Gasteiger partial charge in [-0.25, -0.2) is 13.1 Å². The molecule has 1 saturated carbocycles. The Morgan fingerprint density at radius 3 is 2.37 bits per heavy atom. The van der Waals surface area contributed by atoms with Gasteiger partial charge in [-0.3, -0.25) is 0 Å². The Kier molecular flexibility index (Phi) is 4.82. The highest BCUT2D eigenvalue weighted by Gasteiger charge is 2.15. The zero-order valence-electron chi connectivity index (χ0n) is 11.4. The summed E-state index contributed by atoms with van der Waals surface area (Å²) in [6, 6.07) is 6.96. The van der Waals surface area contributed by atoms with Crippen LogP contribution >= 0.6 is 0 Å². The molecule has 1 aliphatic carbocycles. The number of rotatable bonds is 6. The molecule has 0 aromatic heterocycles. The Morgan fingerprint density at radius 2 is 1.79 bits per heavy atom. The highest BCUT2D eigenvalue weighted by molar-refractivity contribution is 7.89. The third-order valence-electron chi connectivity index (χ3n) is 3.57. The van der Waals surface area contributed by atoms with Gasteiger partial charge in [0.05, 0.1) is 4.90 Å². The van der Waals surface area contributed by atoms with E-state index in [4.69, 9.17) is 0 Å². The zero-order chi connectivity index (χ0) is 13.7. The van der Waals surface area contributed by atoms with Crippen molar-refractivity contribution in [3.8, 4) is 0 Å². The van der Waals surface area contributed by atoms with E-state index in [9.17, 15) is 8.42 Å². The topological polar surface area (TPSA) is 58.2 Å². The smallest absolute Gasteiger partial charge is 0.240 e. The third-order valence-corrected chi connectivity index (χ3v) is 5.13. The van der Waals surface area contributed by atoms with E-state index in [1.807, 2.05) is 12.1 Å². The Hall–Kier alpha value is -1.07. The molecule has 0 spiro atoms. The lowest BCUT2D eigenvalue weighted by atomic mass is 10.1. The van der Waals surface area contributed by atoms with Crippen LogP contribution in [0.25, 0.3) is 0 Å². The van der Waals surface area contributed by atoms with E-state index in [2.05, 4.69) is 10.0 Å². The van der Waals surface area contributed by atoms with Crippen LogP contribution in [0.1, 0.15) is 32.6 Å². The number of benzene rings is 1. The fraction of sp³-hybridized carbons (Fsp3) is 0.571. The van der Waals surface area contributed by atoms with Gasteiger partial charge >= 0.3 is 0 Å². The van der Waals surface area contributed by atoms with Crippen LogP contribution < -0.4 is 10.0 Å². The lowest BCUT2D eigenvalue weighted by Crippen LogP contribution is -2.23. The molecule has 1 aromatic carbocycles. The van der Waals surface area contributed by atoms with E-state index in [0.717, 1.165) is 18.2 Å². The predicted octanol–water partition coefficient (Wildman–Crippen LogP) is 2.59. The molecule has 4 nitrogen and oxygen atoms in total. The van der Waals surface area contributed by atoms with E-state index < -0.39 is 10.0 Å². The number of hydrogen-bond acceptors (Lipinski definition) is 3. The molecule has 5 heteroatoms. The summed E-state index contributed by atoms with van der Waals surface area (Å²) < 4.78 is 26.0. The molecule has 1 aromatic rings. The molecule has 106 valence electrons. The predicted molar refractivity (Wildman–Crippen MR) is 77.8 cm³/mol. The van der Waals surface area contributed by atoms with Gasteiger partial charge in [-0.15, -0.1) is 0 Å². The Morgan fingerprint density at radius 1 is 1.16 bits per heavy atom. The molecular formula is C14H22N2O2S. The van der Waals surface area contributed by atoms with Gasteiger partial charge in [0.2, 0.25) is 10.0 Å². The first-order chi connectivity index (χ1) is 9.12. The lowest BCUT2D eigenvalue weighted by Gasteiger charge is -2.12. The van der Waals surface area contributed by atoms with Gasteiger partial charge in [-0.1, -0.05) is 19.8 Å². The van der Waals surface area contributed by atoms with E-state index in [1.54, 1.807) is 19.1 Å². The van der Waals surface area contributed by atoms with Crippen molar-refractivity contribution in [3.63, 3.8) is 0 Å². The van der Waals surface area contributed by atoms with Crippen LogP contribution in [0.2, 0.25) is 0 Å². The SMILES string of the molecule is CCNS(=O)(=O)c1ccc(NCC2CCCC2)cc1. The van der Waals surface area contributed by atoms with Gasteiger partial charge in [0.25, 0.3) is 0 Å². The molecule has 0 radical (unpaired) electrons. The van der Waals surface area contributed by atoms with Crippen molar-refractivity contribution in [2.75, 3.05) is 18.4 Å². The number of nitrogens with one attached hydrogen (secondary N) is 2. The first-order valence-corrected chi connectivity index (χ1v) is 8.44. The van der Waals surface area contributed by atoms with Crippen LogP contribution in [0.15, 0.2) is 29.2 Å². The Labute approximate surface area is 115 Å². The van der Waals surface area contributed by atoms with Gasteiger partial charge in [0.1, 0.15) is 0 Å². The molecule has 0 bridgehead atoms. The van der Waals surface area contributed by atoms with Crippen LogP contribution in [0, 0.1) is 5.92 Å². The van der Waals surface area contributed by atoms with Gasteiger partial charge in [-0.05, 0) is 43.0 Å². The molecule has 0 aliphatic heterocycles. The van der Waals surface area contributed by atoms with Crippen molar-refractivity contribution < 1.29 is 8.42 Å². The van der Waals surface area contributed by atoms with Gasteiger partial charge in [0, 0.05) is 18.8 Å². The fourth-order valence-corrected chi connectivity index (χ4v) is 3.54. The van der Waals surface area contributed by atoms with E-state index >= 15 is 0 Å². The van der Waals surface area contributed by atoms with Gasteiger partial charge < -0.3 is 5.32 Å². The highest BCUT2D eigenvalue weighted by atomic mass is 32.2. The summed E-state index contributed by atoms with van der Waals surface area (Å²) in [5, 5.41) is 3.38. The van der Waals surface area contributed by atoms with E-state index in [-0.39, 0.29) is 0 Å². The average molecular weight is 282 g/mol.